The van der Waals surface area contributed by atoms with Crippen LogP contribution >= 0.6 is 0 Å². The molecule has 1 unspecified atom stereocenters. The van der Waals surface area contributed by atoms with Gasteiger partial charge in [-0.05, 0) is 55.2 Å². The van der Waals surface area contributed by atoms with Crippen LogP contribution in [-0.2, 0) is 4.79 Å². The van der Waals surface area contributed by atoms with Crippen molar-refractivity contribution < 1.29 is 18.3 Å². The number of nitrogens with two attached hydrogens (primary N) is 1. The summed E-state index contributed by atoms with van der Waals surface area (Å²) in [6, 6.07) is 9.89. The molecule has 2 aromatic carbocycles. The summed E-state index contributed by atoms with van der Waals surface area (Å²) in [5.74, 6) is -0.404. The summed E-state index contributed by atoms with van der Waals surface area (Å²) in [6.07, 6.45) is 5.52. The fraction of sp³-hybridized carbons (Fsp3) is 0.214. The topological polar surface area (TPSA) is 93.7 Å². The number of nitrogen functional groups attached to an aromatic ring is 1. The van der Waals surface area contributed by atoms with Gasteiger partial charge in [0.2, 0.25) is 5.91 Å². The Balaban J connectivity index is 1.65. The first-order valence-corrected chi connectivity index (χ1v) is 11.7. The first kappa shape index (κ1) is 25.7. The van der Waals surface area contributed by atoms with Gasteiger partial charge in [0.15, 0.2) is 0 Å². The summed E-state index contributed by atoms with van der Waals surface area (Å²) in [4.78, 5) is 26.6. The van der Waals surface area contributed by atoms with E-state index in [0.29, 0.717) is 24.3 Å². The van der Waals surface area contributed by atoms with Crippen LogP contribution in [0.1, 0.15) is 30.2 Å². The maximum absolute atomic E-state index is 15.3. The van der Waals surface area contributed by atoms with E-state index in [1.807, 2.05) is 13.0 Å². The van der Waals surface area contributed by atoms with Gasteiger partial charge in [-0.15, -0.1) is 0 Å². The lowest BCUT2D eigenvalue weighted by Gasteiger charge is -2.16. The monoisotopic (exact) mass is 503 g/mol. The Morgan fingerprint density at radius 1 is 1.22 bits per heavy atom. The van der Waals surface area contributed by atoms with Crippen LogP contribution in [0, 0.1) is 17.6 Å². The smallest absolute Gasteiger partial charge is 0.245 e. The summed E-state index contributed by atoms with van der Waals surface area (Å²) in [5, 5.41) is 0. The predicted octanol–water partition coefficient (Wildman–Crippen LogP) is 5.03. The molecule has 1 saturated heterocycles. The minimum absolute atomic E-state index is 0.0961. The van der Waals surface area contributed by atoms with Gasteiger partial charge in [0.25, 0.3) is 0 Å². The predicted molar refractivity (Wildman–Crippen MR) is 139 cm³/mol. The van der Waals surface area contributed by atoms with Gasteiger partial charge < -0.3 is 15.4 Å². The molecule has 4 rings (SSSR count). The van der Waals surface area contributed by atoms with E-state index in [2.05, 4.69) is 21.5 Å². The molecule has 7 nitrogen and oxygen atoms in total. The van der Waals surface area contributed by atoms with Crippen LogP contribution in [0.3, 0.4) is 0 Å². The maximum atomic E-state index is 15.3. The fourth-order valence-corrected chi connectivity index (χ4v) is 4.40. The second-order valence-corrected chi connectivity index (χ2v) is 8.64. The summed E-state index contributed by atoms with van der Waals surface area (Å²) in [5.41, 5.74) is 8.48. The van der Waals surface area contributed by atoms with Crippen LogP contribution < -0.4 is 10.5 Å². The quantitative estimate of drug-likeness (QED) is 0.360. The number of hydrogen-bond donors (Lipinski definition) is 1. The van der Waals surface area contributed by atoms with Crippen LogP contribution in [0.15, 0.2) is 72.5 Å². The van der Waals surface area contributed by atoms with E-state index < -0.39 is 11.6 Å². The first-order valence-electron chi connectivity index (χ1n) is 11.7. The van der Waals surface area contributed by atoms with Gasteiger partial charge in [0.05, 0.1) is 17.0 Å². The Morgan fingerprint density at radius 3 is 2.70 bits per heavy atom. The average Bonchev–Trinajstić information content (AvgIpc) is 3.34. The van der Waals surface area contributed by atoms with E-state index >= 15 is 4.39 Å². The standard InChI is InChI=1S/C28H27F2N5O2/c1-4-24(36)35-11-10-18(15-35)12-17(2)26-25(28(31)34-16-33-26)27(32-3)22-9-8-21(14-23(22)30)37-20-7-5-6-19(29)13-20/h4-9,12-14,16,18H,1,10-11,15H2,2-3H3,(H2,31,33,34)/b17-12-,32-27?. The summed E-state index contributed by atoms with van der Waals surface area (Å²) >= 11 is 0. The highest BCUT2D eigenvalue weighted by Gasteiger charge is 2.25. The number of carbonyl (C=O) groups excluding carboxylic acids is 1. The van der Waals surface area contributed by atoms with Crippen molar-refractivity contribution in [2.75, 3.05) is 25.9 Å². The fourth-order valence-electron chi connectivity index (χ4n) is 4.40. The number of nitrogens with zero attached hydrogens (tertiary/aromatic N) is 4. The van der Waals surface area contributed by atoms with Gasteiger partial charge >= 0.3 is 0 Å². The molecular formula is C28H27F2N5O2. The molecule has 9 heteroatoms. The van der Waals surface area contributed by atoms with Crippen molar-refractivity contribution in [1.29, 1.82) is 0 Å². The molecule has 37 heavy (non-hydrogen) atoms. The number of likely N-dealkylation sites (tertiary alicyclic amines) is 1. The molecule has 1 amide bonds. The van der Waals surface area contributed by atoms with E-state index in [0.717, 1.165) is 12.0 Å². The van der Waals surface area contributed by atoms with Crippen molar-refractivity contribution in [2.24, 2.45) is 10.9 Å². The number of carbonyl (C=O) groups is 1. The first-order chi connectivity index (χ1) is 17.8. The van der Waals surface area contributed by atoms with E-state index in [9.17, 15) is 9.18 Å². The minimum Gasteiger partial charge on any atom is -0.457 e. The zero-order valence-electron chi connectivity index (χ0n) is 20.6. The molecular weight excluding hydrogens is 476 g/mol. The Bertz CT molecular complexity index is 1400. The number of benzene rings is 2. The van der Waals surface area contributed by atoms with Crippen LogP contribution in [0.4, 0.5) is 14.6 Å². The molecule has 3 aromatic rings. The number of rotatable bonds is 7. The van der Waals surface area contributed by atoms with Crippen molar-refractivity contribution in [1.82, 2.24) is 14.9 Å². The third-order valence-electron chi connectivity index (χ3n) is 6.13. The molecule has 0 saturated carbocycles. The summed E-state index contributed by atoms with van der Waals surface area (Å²) < 4.78 is 34.4. The van der Waals surface area contributed by atoms with E-state index in [-0.39, 0.29) is 40.4 Å². The molecule has 1 atom stereocenters. The van der Waals surface area contributed by atoms with Gasteiger partial charge in [-0.2, -0.15) is 0 Å². The van der Waals surface area contributed by atoms with Crippen molar-refractivity contribution >= 4 is 23.0 Å². The van der Waals surface area contributed by atoms with Crippen LogP contribution in [0.25, 0.3) is 5.57 Å². The number of aromatic nitrogens is 2. The van der Waals surface area contributed by atoms with E-state index in [1.165, 1.54) is 49.8 Å². The molecule has 1 aliphatic heterocycles. The van der Waals surface area contributed by atoms with Gasteiger partial charge in [0, 0.05) is 37.8 Å². The largest absolute Gasteiger partial charge is 0.457 e. The lowest BCUT2D eigenvalue weighted by atomic mass is 9.95. The van der Waals surface area contributed by atoms with Gasteiger partial charge in [0.1, 0.15) is 35.3 Å². The highest BCUT2D eigenvalue weighted by Crippen LogP contribution is 2.30. The second kappa shape index (κ2) is 11.1. The highest BCUT2D eigenvalue weighted by molar-refractivity contribution is 6.17. The zero-order chi connectivity index (χ0) is 26.5. The summed E-state index contributed by atoms with van der Waals surface area (Å²) in [6.45, 7) is 6.67. The summed E-state index contributed by atoms with van der Waals surface area (Å²) in [7, 11) is 1.54. The van der Waals surface area contributed by atoms with E-state index in [4.69, 9.17) is 10.5 Å². The molecule has 190 valence electrons. The molecule has 0 radical (unpaired) electrons. The number of halogens is 2. The van der Waals surface area contributed by atoms with Crippen molar-refractivity contribution in [2.45, 2.75) is 13.3 Å². The molecule has 2 N–H and O–H groups in total. The number of allylic oxidation sites excluding steroid dienone is 1. The SMILES string of the molecule is C=CC(=O)N1CCC(/C=C(/C)c2ncnc(N)c2C(=NC)c2ccc(Oc3cccc(F)c3)cc2F)C1. The van der Waals surface area contributed by atoms with Crippen LogP contribution in [0.2, 0.25) is 0 Å². The lowest BCUT2D eigenvalue weighted by molar-refractivity contribution is -0.125. The van der Waals surface area contributed by atoms with Gasteiger partial charge in [-0.3, -0.25) is 9.79 Å². The van der Waals surface area contributed by atoms with Gasteiger partial charge in [-0.1, -0.05) is 18.7 Å². The Morgan fingerprint density at radius 2 is 2.00 bits per heavy atom. The van der Waals surface area contributed by atoms with Gasteiger partial charge in [-0.25, -0.2) is 18.7 Å². The molecule has 1 fully saturated rings. The normalized spacial score (nSPS) is 16.1. The molecule has 1 aromatic heterocycles. The third kappa shape index (κ3) is 5.72. The molecule has 0 aliphatic carbocycles. The van der Waals surface area contributed by atoms with E-state index in [1.54, 1.807) is 17.0 Å². The van der Waals surface area contributed by atoms with Crippen LogP contribution in [0.5, 0.6) is 11.5 Å². The maximum Gasteiger partial charge on any atom is 0.245 e. The number of amides is 1. The second-order valence-electron chi connectivity index (χ2n) is 8.64. The zero-order valence-corrected chi connectivity index (χ0v) is 20.6. The third-order valence-corrected chi connectivity index (χ3v) is 6.13. The number of aliphatic imine (C=N–C) groups is 1. The Labute approximate surface area is 214 Å². The van der Waals surface area contributed by atoms with Crippen LogP contribution in [-0.4, -0.2) is 46.6 Å². The van der Waals surface area contributed by atoms with Crippen molar-refractivity contribution in [3.05, 3.63) is 96.0 Å². The average molecular weight is 504 g/mol. The molecule has 2 heterocycles. The highest BCUT2D eigenvalue weighted by atomic mass is 19.1. The molecule has 0 bridgehead atoms. The van der Waals surface area contributed by atoms with Crippen molar-refractivity contribution in [3.63, 3.8) is 0 Å². The minimum atomic E-state index is -0.597. The number of ether oxygens (including phenoxy) is 1. The molecule has 1 aliphatic rings. The van der Waals surface area contributed by atoms with Crippen molar-refractivity contribution in [3.8, 4) is 11.5 Å². The number of anilines is 1. The number of hydrogen-bond acceptors (Lipinski definition) is 6. The molecule has 0 spiro atoms. The lowest BCUT2D eigenvalue weighted by Crippen LogP contribution is -2.26. The Kier molecular flexibility index (Phi) is 7.71. The Hall–Kier alpha value is -4.40.